The molecule has 0 unspecified atom stereocenters. The molecule has 1 heterocycles. The van der Waals surface area contributed by atoms with Crippen LogP contribution in [0.4, 0.5) is 5.69 Å². The molecule has 24 heavy (non-hydrogen) atoms. The molecule has 0 saturated heterocycles. The van der Waals surface area contributed by atoms with E-state index in [9.17, 15) is 14.7 Å². The molecule has 1 aromatic heterocycles. The summed E-state index contributed by atoms with van der Waals surface area (Å²) in [7, 11) is 0. The van der Waals surface area contributed by atoms with Crippen molar-refractivity contribution in [3.05, 3.63) is 65.9 Å². The highest BCUT2D eigenvalue weighted by Crippen LogP contribution is 2.17. The number of anilines is 1. The van der Waals surface area contributed by atoms with Crippen LogP contribution in [0.3, 0.4) is 0 Å². The van der Waals surface area contributed by atoms with Gasteiger partial charge in [0, 0.05) is 29.3 Å². The van der Waals surface area contributed by atoms with Gasteiger partial charge in [0.25, 0.3) is 0 Å². The number of amides is 2. The molecule has 0 aliphatic carbocycles. The summed E-state index contributed by atoms with van der Waals surface area (Å²) < 4.78 is 0. The van der Waals surface area contributed by atoms with E-state index in [1.54, 1.807) is 30.3 Å². The van der Waals surface area contributed by atoms with Gasteiger partial charge in [-0.3, -0.25) is 9.59 Å². The van der Waals surface area contributed by atoms with Crippen LogP contribution in [0.2, 0.25) is 0 Å². The van der Waals surface area contributed by atoms with E-state index >= 15 is 0 Å². The molecule has 4 N–H and O–H groups in total. The fourth-order valence-electron chi connectivity index (χ4n) is 2.46. The van der Waals surface area contributed by atoms with Crippen molar-refractivity contribution < 1.29 is 14.7 Å². The fourth-order valence-corrected chi connectivity index (χ4v) is 2.46. The molecule has 0 radical (unpaired) electrons. The molecule has 6 heteroatoms. The molecule has 122 valence electrons. The van der Waals surface area contributed by atoms with Gasteiger partial charge in [-0.25, -0.2) is 0 Å². The Morgan fingerprint density at radius 1 is 1.00 bits per heavy atom. The number of rotatable bonds is 4. The number of carbonyl (C=O) groups is 2. The van der Waals surface area contributed by atoms with Gasteiger partial charge in [-0.05, 0) is 35.4 Å². The first-order valence-electron chi connectivity index (χ1n) is 7.51. The maximum absolute atomic E-state index is 12.0. The van der Waals surface area contributed by atoms with Gasteiger partial charge in [-0.2, -0.15) is 0 Å². The Kier molecular flexibility index (Phi) is 4.58. The highest BCUT2D eigenvalue weighted by molar-refractivity contribution is 6.39. The normalized spacial score (nSPS) is 10.5. The zero-order chi connectivity index (χ0) is 16.9. The van der Waals surface area contributed by atoms with E-state index < -0.39 is 11.8 Å². The number of aliphatic hydroxyl groups excluding tert-OH is 1. The second-order valence-electron chi connectivity index (χ2n) is 5.34. The second kappa shape index (κ2) is 6.97. The third-order valence-corrected chi connectivity index (χ3v) is 3.75. The lowest BCUT2D eigenvalue weighted by molar-refractivity contribution is -0.136. The monoisotopic (exact) mass is 323 g/mol. The van der Waals surface area contributed by atoms with Crippen LogP contribution in [0.25, 0.3) is 10.9 Å². The number of aromatic amines is 1. The van der Waals surface area contributed by atoms with E-state index in [4.69, 9.17) is 0 Å². The lowest BCUT2D eigenvalue weighted by Crippen LogP contribution is -2.35. The average molecular weight is 323 g/mol. The topological polar surface area (TPSA) is 94.2 Å². The van der Waals surface area contributed by atoms with Crippen LogP contribution < -0.4 is 10.6 Å². The van der Waals surface area contributed by atoms with E-state index in [0.717, 1.165) is 22.0 Å². The molecule has 6 nitrogen and oxygen atoms in total. The van der Waals surface area contributed by atoms with Gasteiger partial charge in [0.2, 0.25) is 0 Å². The van der Waals surface area contributed by atoms with E-state index in [2.05, 4.69) is 15.6 Å². The summed E-state index contributed by atoms with van der Waals surface area (Å²) in [6, 6.07) is 14.4. The zero-order valence-corrected chi connectivity index (χ0v) is 12.9. The Hall–Kier alpha value is -3.12. The minimum Gasteiger partial charge on any atom is -0.392 e. The highest BCUT2D eigenvalue weighted by atomic mass is 16.3. The maximum Gasteiger partial charge on any atom is 0.313 e. The van der Waals surface area contributed by atoms with Crippen LogP contribution >= 0.6 is 0 Å². The lowest BCUT2D eigenvalue weighted by Gasteiger charge is -2.09. The summed E-state index contributed by atoms with van der Waals surface area (Å²) in [5.74, 6) is -1.46. The van der Waals surface area contributed by atoms with Crippen LogP contribution in [0.15, 0.2) is 54.7 Å². The third-order valence-electron chi connectivity index (χ3n) is 3.75. The molecule has 3 aromatic rings. The van der Waals surface area contributed by atoms with Gasteiger partial charge >= 0.3 is 11.8 Å². The van der Waals surface area contributed by atoms with Crippen molar-refractivity contribution in [2.45, 2.75) is 13.2 Å². The minimum atomic E-state index is -0.730. The maximum atomic E-state index is 12.0. The van der Waals surface area contributed by atoms with E-state index in [1.807, 2.05) is 24.4 Å². The lowest BCUT2D eigenvalue weighted by atomic mass is 10.1. The molecule has 0 atom stereocenters. The van der Waals surface area contributed by atoms with Crippen LogP contribution in [0, 0.1) is 0 Å². The Morgan fingerprint density at radius 2 is 1.79 bits per heavy atom. The summed E-state index contributed by atoms with van der Waals surface area (Å²) in [5.41, 5.74) is 3.00. The number of hydrogen-bond acceptors (Lipinski definition) is 3. The highest BCUT2D eigenvalue weighted by Gasteiger charge is 2.14. The third kappa shape index (κ3) is 3.44. The number of hydrogen-bond donors (Lipinski definition) is 4. The Labute approximate surface area is 138 Å². The molecule has 0 spiro atoms. The van der Waals surface area contributed by atoms with Crippen molar-refractivity contribution in [1.82, 2.24) is 10.3 Å². The first kappa shape index (κ1) is 15.8. The van der Waals surface area contributed by atoms with E-state index in [1.165, 1.54) is 0 Å². The molecule has 0 fully saturated rings. The molecule has 0 aliphatic heterocycles. The van der Waals surface area contributed by atoms with Crippen molar-refractivity contribution in [2.75, 3.05) is 5.32 Å². The largest absolute Gasteiger partial charge is 0.392 e. The van der Waals surface area contributed by atoms with E-state index in [0.29, 0.717) is 5.69 Å². The molecule has 0 aliphatic rings. The molecule has 3 rings (SSSR count). The quantitative estimate of drug-likeness (QED) is 0.553. The number of H-pyrrole nitrogens is 1. The number of carbonyl (C=O) groups excluding carboxylic acids is 2. The Balaban J connectivity index is 1.61. The molecular formula is C18H17N3O3. The van der Waals surface area contributed by atoms with Crippen molar-refractivity contribution in [1.29, 1.82) is 0 Å². The van der Waals surface area contributed by atoms with Crippen LogP contribution in [-0.4, -0.2) is 21.9 Å². The fraction of sp³-hybridized carbons (Fsp3) is 0.111. The molecule has 2 aromatic carbocycles. The summed E-state index contributed by atoms with van der Waals surface area (Å²) in [6.45, 7) is 0.0642. The minimum absolute atomic E-state index is 0.116. The number of aromatic nitrogens is 1. The van der Waals surface area contributed by atoms with Gasteiger partial charge in [0.1, 0.15) is 0 Å². The average Bonchev–Trinajstić information content (AvgIpc) is 3.07. The standard InChI is InChI=1S/C18H17N3O3/c22-11-14-4-2-1-3-13(14)10-20-17(23)18(24)21-15-5-6-16-12(9-15)7-8-19-16/h1-9,19,22H,10-11H2,(H,20,23)(H,21,24). The Morgan fingerprint density at radius 3 is 2.58 bits per heavy atom. The predicted molar refractivity (Wildman–Crippen MR) is 91.1 cm³/mol. The van der Waals surface area contributed by atoms with Gasteiger partial charge in [-0.15, -0.1) is 0 Å². The van der Waals surface area contributed by atoms with Crippen LogP contribution in [0.1, 0.15) is 11.1 Å². The van der Waals surface area contributed by atoms with Crippen LogP contribution in [0.5, 0.6) is 0 Å². The Bertz CT molecular complexity index is 886. The smallest absolute Gasteiger partial charge is 0.313 e. The summed E-state index contributed by atoms with van der Waals surface area (Å²) in [5, 5.41) is 15.3. The van der Waals surface area contributed by atoms with Crippen molar-refractivity contribution in [3.8, 4) is 0 Å². The van der Waals surface area contributed by atoms with Gasteiger partial charge < -0.3 is 20.7 Å². The first-order chi connectivity index (χ1) is 11.7. The van der Waals surface area contributed by atoms with Gasteiger partial charge in [0.15, 0.2) is 0 Å². The predicted octanol–water partition coefficient (Wildman–Crippen LogP) is 1.92. The van der Waals surface area contributed by atoms with Crippen molar-refractivity contribution in [3.63, 3.8) is 0 Å². The summed E-state index contributed by atoms with van der Waals surface area (Å²) >= 11 is 0. The summed E-state index contributed by atoms with van der Waals surface area (Å²) in [6.07, 6.45) is 1.81. The molecule has 0 bridgehead atoms. The molecular weight excluding hydrogens is 306 g/mol. The first-order valence-corrected chi connectivity index (χ1v) is 7.51. The zero-order valence-electron chi connectivity index (χ0n) is 12.9. The van der Waals surface area contributed by atoms with Crippen molar-refractivity contribution >= 4 is 28.4 Å². The summed E-state index contributed by atoms with van der Waals surface area (Å²) in [4.78, 5) is 27.0. The van der Waals surface area contributed by atoms with E-state index in [-0.39, 0.29) is 13.2 Å². The number of benzene rings is 2. The van der Waals surface area contributed by atoms with Crippen LogP contribution in [-0.2, 0) is 22.7 Å². The van der Waals surface area contributed by atoms with Gasteiger partial charge in [-0.1, -0.05) is 24.3 Å². The second-order valence-corrected chi connectivity index (χ2v) is 5.34. The number of nitrogens with one attached hydrogen (secondary N) is 3. The number of fused-ring (bicyclic) bond motifs is 1. The number of aliphatic hydroxyl groups is 1. The SMILES string of the molecule is O=C(NCc1ccccc1CO)C(=O)Nc1ccc2[nH]ccc2c1. The van der Waals surface area contributed by atoms with Gasteiger partial charge in [0.05, 0.1) is 6.61 Å². The van der Waals surface area contributed by atoms with Crippen molar-refractivity contribution in [2.24, 2.45) is 0 Å². The molecule has 2 amide bonds. The molecule has 0 saturated carbocycles.